The highest BCUT2D eigenvalue weighted by atomic mass is 79.9. The van der Waals surface area contributed by atoms with Crippen LogP contribution in [-0.2, 0) is 10.2 Å². The van der Waals surface area contributed by atoms with Crippen LogP contribution in [0.25, 0.3) is 0 Å². The van der Waals surface area contributed by atoms with Gasteiger partial charge < -0.3 is 0 Å². The molecule has 6 heteroatoms. The summed E-state index contributed by atoms with van der Waals surface area (Å²) >= 11 is 3.42. The summed E-state index contributed by atoms with van der Waals surface area (Å²) in [4.78, 5) is 0. The molecule has 0 aromatic carbocycles. The van der Waals surface area contributed by atoms with E-state index in [1.165, 1.54) is 4.31 Å². The normalized spacial score (nSPS) is 19.5. The second-order valence-electron chi connectivity index (χ2n) is 4.04. The van der Waals surface area contributed by atoms with Crippen LogP contribution in [0.4, 0.5) is 0 Å². The van der Waals surface area contributed by atoms with Crippen molar-refractivity contribution >= 4 is 26.1 Å². The van der Waals surface area contributed by atoms with Crippen molar-refractivity contribution in [3.63, 3.8) is 0 Å². The van der Waals surface area contributed by atoms with Gasteiger partial charge in [0.25, 0.3) is 10.2 Å². The van der Waals surface area contributed by atoms with E-state index < -0.39 is 10.2 Å². The molecule has 1 rings (SSSR count). The van der Waals surface area contributed by atoms with E-state index in [1.807, 2.05) is 13.8 Å². The fourth-order valence-electron chi connectivity index (χ4n) is 1.43. The van der Waals surface area contributed by atoms with Gasteiger partial charge in [-0.2, -0.15) is 12.7 Å². The van der Waals surface area contributed by atoms with Crippen molar-refractivity contribution in [1.29, 1.82) is 0 Å². The summed E-state index contributed by atoms with van der Waals surface area (Å²) in [6, 6.07) is 0. The van der Waals surface area contributed by atoms with Crippen LogP contribution in [0.3, 0.4) is 0 Å². The summed E-state index contributed by atoms with van der Waals surface area (Å²) in [5.74, 6) is 0. The van der Waals surface area contributed by atoms with Crippen LogP contribution >= 0.6 is 15.9 Å². The first-order valence-electron chi connectivity index (χ1n) is 5.30. The maximum atomic E-state index is 11.8. The van der Waals surface area contributed by atoms with E-state index in [4.69, 9.17) is 0 Å². The van der Waals surface area contributed by atoms with E-state index in [9.17, 15) is 8.42 Å². The Bertz CT molecular complexity index is 297. The molecule has 0 aliphatic heterocycles. The quantitative estimate of drug-likeness (QED) is 0.721. The fourth-order valence-corrected chi connectivity index (χ4v) is 3.54. The van der Waals surface area contributed by atoms with E-state index in [0.29, 0.717) is 19.6 Å². The summed E-state index contributed by atoms with van der Waals surface area (Å²) in [7, 11) is -3.26. The number of halogens is 1. The van der Waals surface area contributed by atoms with Crippen molar-refractivity contribution in [3.05, 3.63) is 0 Å². The first-order valence-corrected chi connectivity index (χ1v) is 7.86. The van der Waals surface area contributed by atoms with E-state index in [0.717, 1.165) is 18.2 Å². The van der Waals surface area contributed by atoms with Gasteiger partial charge in [0.1, 0.15) is 0 Å². The van der Waals surface area contributed by atoms with Gasteiger partial charge in [-0.3, -0.25) is 0 Å². The molecule has 4 nitrogen and oxygen atoms in total. The first-order chi connectivity index (χ1) is 6.99. The first kappa shape index (κ1) is 13.4. The molecule has 0 bridgehead atoms. The van der Waals surface area contributed by atoms with Gasteiger partial charge in [-0.25, -0.2) is 4.72 Å². The van der Waals surface area contributed by atoms with Crippen LogP contribution < -0.4 is 4.72 Å². The molecular formula is C9H19BrN2O2S. The maximum Gasteiger partial charge on any atom is 0.279 e. The zero-order chi connectivity index (χ0) is 11.5. The summed E-state index contributed by atoms with van der Waals surface area (Å²) in [5, 5.41) is 0.876. The number of nitrogens with one attached hydrogen (secondary N) is 1. The molecule has 0 radical (unpaired) electrons. The minimum Gasteiger partial charge on any atom is -0.202 e. The minimum absolute atomic E-state index is 0.181. The Morgan fingerprint density at radius 2 is 1.87 bits per heavy atom. The number of hydrogen-bond donors (Lipinski definition) is 1. The molecule has 15 heavy (non-hydrogen) atoms. The maximum absolute atomic E-state index is 11.8. The van der Waals surface area contributed by atoms with Gasteiger partial charge in [0.15, 0.2) is 0 Å². The fraction of sp³-hybridized carbons (Fsp3) is 1.00. The molecule has 1 aliphatic rings. The molecule has 0 heterocycles. The Hall–Kier alpha value is 0.350. The molecule has 0 unspecified atom stereocenters. The standard InChI is InChI=1S/C9H19BrN2O2S/c1-3-12(4-2)15(13,14)11-8-9(7-10)5-6-9/h11H,3-8H2,1-2H3. The van der Waals surface area contributed by atoms with Crippen molar-refractivity contribution in [3.8, 4) is 0 Å². The molecule has 0 aromatic heterocycles. The number of rotatable bonds is 7. The second kappa shape index (κ2) is 5.12. The van der Waals surface area contributed by atoms with Crippen molar-refractivity contribution in [2.45, 2.75) is 26.7 Å². The van der Waals surface area contributed by atoms with E-state index in [2.05, 4.69) is 20.7 Å². The SMILES string of the molecule is CCN(CC)S(=O)(=O)NCC1(CBr)CC1. The Morgan fingerprint density at radius 3 is 2.20 bits per heavy atom. The average molecular weight is 299 g/mol. The molecule has 0 amide bonds. The number of hydrogen-bond acceptors (Lipinski definition) is 2. The summed E-state index contributed by atoms with van der Waals surface area (Å²) in [6.45, 7) is 5.29. The zero-order valence-electron chi connectivity index (χ0n) is 9.29. The monoisotopic (exact) mass is 298 g/mol. The molecule has 1 fully saturated rings. The van der Waals surface area contributed by atoms with Gasteiger partial charge in [0.2, 0.25) is 0 Å². The Kier molecular flexibility index (Phi) is 4.58. The smallest absolute Gasteiger partial charge is 0.202 e. The molecule has 0 atom stereocenters. The Balaban J connectivity index is 2.49. The van der Waals surface area contributed by atoms with Gasteiger partial charge in [-0.15, -0.1) is 0 Å². The van der Waals surface area contributed by atoms with Gasteiger partial charge in [0.05, 0.1) is 0 Å². The summed E-state index contributed by atoms with van der Waals surface area (Å²) in [5.41, 5.74) is 0.181. The van der Waals surface area contributed by atoms with E-state index in [1.54, 1.807) is 0 Å². The predicted molar refractivity (Wildman–Crippen MR) is 65.3 cm³/mol. The van der Waals surface area contributed by atoms with Crippen LogP contribution in [0, 0.1) is 5.41 Å². The topological polar surface area (TPSA) is 49.4 Å². The summed E-state index contributed by atoms with van der Waals surface area (Å²) in [6.07, 6.45) is 2.22. The minimum atomic E-state index is -3.26. The van der Waals surface area contributed by atoms with Gasteiger partial charge >= 0.3 is 0 Å². The van der Waals surface area contributed by atoms with E-state index >= 15 is 0 Å². The highest BCUT2D eigenvalue weighted by molar-refractivity contribution is 9.09. The predicted octanol–water partition coefficient (Wildman–Crippen LogP) is 1.34. The third-order valence-electron chi connectivity index (χ3n) is 2.92. The molecular weight excluding hydrogens is 280 g/mol. The lowest BCUT2D eigenvalue weighted by molar-refractivity contribution is 0.427. The number of alkyl halides is 1. The van der Waals surface area contributed by atoms with Crippen LogP contribution in [0.1, 0.15) is 26.7 Å². The lowest BCUT2D eigenvalue weighted by atomic mass is 10.1. The van der Waals surface area contributed by atoms with Gasteiger partial charge in [-0.1, -0.05) is 29.8 Å². The largest absolute Gasteiger partial charge is 0.279 e. The molecule has 0 aromatic rings. The van der Waals surface area contributed by atoms with Gasteiger partial charge in [0, 0.05) is 25.0 Å². The molecule has 0 saturated heterocycles. The van der Waals surface area contributed by atoms with Crippen LogP contribution in [-0.4, -0.2) is 37.7 Å². The number of nitrogens with zero attached hydrogens (tertiary/aromatic N) is 1. The van der Waals surface area contributed by atoms with Crippen LogP contribution in [0.15, 0.2) is 0 Å². The second-order valence-corrected chi connectivity index (χ2v) is 6.36. The molecule has 1 N–H and O–H groups in total. The molecule has 0 spiro atoms. The average Bonchev–Trinajstić information content (AvgIpc) is 2.97. The van der Waals surface area contributed by atoms with Crippen LogP contribution in [0.2, 0.25) is 0 Å². The molecule has 1 aliphatic carbocycles. The van der Waals surface area contributed by atoms with Crippen molar-refractivity contribution in [2.75, 3.05) is 25.0 Å². The van der Waals surface area contributed by atoms with Crippen molar-refractivity contribution in [2.24, 2.45) is 5.41 Å². The lowest BCUT2D eigenvalue weighted by Gasteiger charge is -2.20. The van der Waals surface area contributed by atoms with E-state index in [-0.39, 0.29) is 5.41 Å². The third-order valence-corrected chi connectivity index (χ3v) is 5.81. The third kappa shape index (κ3) is 3.41. The summed E-state index contributed by atoms with van der Waals surface area (Å²) < 4.78 is 27.7. The highest BCUT2D eigenvalue weighted by Crippen LogP contribution is 2.46. The Morgan fingerprint density at radius 1 is 1.33 bits per heavy atom. The van der Waals surface area contributed by atoms with Crippen LogP contribution in [0.5, 0.6) is 0 Å². The van der Waals surface area contributed by atoms with Crippen molar-refractivity contribution < 1.29 is 8.42 Å². The zero-order valence-corrected chi connectivity index (χ0v) is 11.7. The molecule has 90 valence electrons. The Labute approximate surface area is 101 Å². The lowest BCUT2D eigenvalue weighted by Crippen LogP contribution is -2.42. The van der Waals surface area contributed by atoms with Gasteiger partial charge in [-0.05, 0) is 18.3 Å². The molecule has 1 saturated carbocycles. The van der Waals surface area contributed by atoms with Crippen molar-refractivity contribution in [1.82, 2.24) is 9.03 Å². The highest BCUT2D eigenvalue weighted by Gasteiger charge is 2.42.